The molecule has 0 aliphatic rings. The molecule has 0 spiro atoms. The number of rotatable bonds is 6. The van der Waals surface area contributed by atoms with Crippen LogP contribution in [0.1, 0.15) is 34.0 Å². The number of ether oxygens (including phenoxy) is 2. The lowest BCUT2D eigenvalue weighted by molar-refractivity contribution is 0.112. The summed E-state index contributed by atoms with van der Waals surface area (Å²) in [7, 11) is 1.60. The van der Waals surface area contributed by atoms with Crippen LogP contribution in [0.4, 0.5) is 0 Å². The molecule has 110 valence electrons. The molecule has 0 N–H and O–H groups in total. The third kappa shape index (κ3) is 3.24. The number of hydrogen-bond acceptors (Lipinski definition) is 3. The van der Waals surface area contributed by atoms with Gasteiger partial charge in [-0.05, 0) is 25.0 Å². The van der Waals surface area contributed by atoms with Crippen molar-refractivity contribution in [3.8, 4) is 11.5 Å². The number of carbonyl (C=O) groups excluding carboxylic acids is 1. The van der Waals surface area contributed by atoms with E-state index in [1.807, 2.05) is 44.2 Å². The summed E-state index contributed by atoms with van der Waals surface area (Å²) in [6, 6.07) is 11.7. The van der Waals surface area contributed by atoms with Gasteiger partial charge in [-0.2, -0.15) is 0 Å². The molecule has 21 heavy (non-hydrogen) atoms. The smallest absolute Gasteiger partial charge is 0.150 e. The number of benzene rings is 2. The molecular weight excluding hydrogens is 264 g/mol. The van der Waals surface area contributed by atoms with Crippen molar-refractivity contribution in [2.24, 2.45) is 0 Å². The summed E-state index contributed by atoms with van der Waals surface area (Å²) in [5, 5.41) is 0. The fourth-order valence-electron chi connectivity index (χ4n) is 2.41. The summed E-state index contributed by atoms with van der Waals surface area (Å²) < 4.78 is 11.3. The van der Waals surface area contributed by atoms with E-state index in [-0.39, 0.29) is 0 Å². The Morgan fingerprint density at radius 1 is 1.19 bits per heavy atom. The molecule has 0 radical (unpaired) electrons. The van der Waals surface area contributed by atoms with E-state index in [4.69, 9.17) is 9.47 Å². The molecule has 0 aliphatic heterocycles. The van der Waals surface area contributed by atoms with Crippen molar-refractivity contribution in [1.82, 2.24) is 0 Å². The first-order chi connectivity index (χ1) is 10.2. The molecule has 0 bridgehead atoms. The van der Waals surface area contributed by atoms with Crippen LogP contribution < -0.4 is 9.47 Å². The highest BCUT2D eigenvalue weighted by atomic mass is 16.5. The van der Waals surface area contributed by atoms with Gasteiger partial charge in [0, 0.05) is 16.7 Å². The number of hydrogen-bond donors (Lipinski definition) is 0. The third-order valence-corrected chi connectivity index (χ3v) is 3.55. The standard InChI is InChI=1S/C18H20O3/c1-4-16-15(11-19)10-17(20-3)13(2)18(16)21-12-14-8-6-5-7-9-14/h5-11H,4,12H2,1-3H3. The minimum atomic E-state index is 0.472. The molecule has 0 fully saturated rings. The van der Waals surface area contributed by atoms with Crippen LogP contribution in [0.2, 0.25) is 0 Å². The molecule has 0 unspecified atom stereocenters. The van der Waals surface area contributed by atoms with E-state index in [2.05, 4.69) is 0 Å². The summed E-state index contributed by atoms with van der Waals surface area (Å²) in [5.74, 6) is 1.43. The highest BCUT2D eigenvalue weighted by molar-refractivity contribution is 5.80. The Kier molecular flexibility index (Phi) is 4.99. The molecule has 0 saturated heterocycles. The minimum absolute atomic E-state index is 0.472. The summed E-state index contributed by atoms with van der Waals surface area (Å²) in [4.78, 5) is 11.3. The van der Waals surface area contributed by atoms with E-state index in [0.29, 0.717) is 17.9 Å². The van der Waals surface area contributed by atoms with Crippen LogP contribution in [0.3, 0.4) is 0 Å². The van der Waals surface area contributed by atoms with E-state index in [1.165, 1.54) is 0 Å². The van der Waals surface area contributed by atoms with Crippen molar-refractivity contribution in [1.29, 1.82) is 0 Å². The molecule has 0 amide bonds. The molecule has 0 aliphatic carbocycles. The fraction of sp³-hybridized carbons (Fsp3) is 0.278. The first kappa shape index (κ1) is 15.1. The summed E-state index contributed by atoms with van der Waals surface area (Å²) in [6.45, 7) is 4.44. The third-order valence-electron chi connectivity index (χ3n) is 3.55. The van der Waals surface area contributed by atoms with Gasteiger partial charge >= 0.3 is 0 Å². The maximum Gasteiger partial charge on any atom is 0.150 e. The van der Waals surface area contributed by atoms with Crippen LogP contribution in [-0.2, 0) is 13.0 Å². The number of carbonyl (C=O) groups is 1. The topological polar surface area (TPSA) is 35.5 Å². The Balaban J connectivity index is 2.38. The average molecular weight is 284 g/mol. The lowest BCUT2D eigenvalue weighted by Gasteiger charge is -2.18. The van der Waals surface area contributed by atoms with Gasteiger partial charge in [0.15, 0.2) is 6.29 Å². The van der Waals surface area contributed by atoms with Gasteiger partial charge in [-0.25, -0.2) is 0 Å². The molecule has 3 nitrogen and oxygen atoms in total. The van der Waals surface area contributed by atoms with Crippen molar-refractivity contribution in [3.05, 3.63) is 58.7 Å². The Hall–Kier alpha value is -2.29. The molecule has 0 aromatic heterocycles. The predicted octanol–water partition coefficient (Wildman–Crippen LogP) is 3.96. The maximum atomic E-state index is 11.3. The highest BCUT2D eigenvalue weighted by Gasteiger charge is 2.16. The van der Waals surface area contributed by atoms with Crippen LogP contribution in [-0.4, -0.2) is 13.4 Å². The van der Waals surface area contributed by atoms with Gasteiger partial charge < -0.3 is 9.47 Å². The zero-order valence-electron chi connectivity index (χ0n) is 12.7. The van der Waals surface area contributed by atoms with E-state index in [9.17, 15) is 4.79 Å². The molecule has 0 saturated carbocycles. The number of aldehydes is 1. The van der Waals surface area contributed by atoms with Crippen molar-refractivity contribution in [2.45, 2.75) is 26.9 Å². The van der Waals surface area contributed by atoms with Crippen LogP contribution in [0.5, 0.6) is 11.5 Å². The summed E-state index contributed by atoms with van der Waals surface area (Å²) in [6.07, 6.45) is 1.60. The first-order valence-electron chi connectivity index (χ1n) is 7.03. The molecule has 3 heteroatoms. The second-order valence-electron chi connectivity index (χ2n) is 4.85. The average Bonchev–Trinajstić information content (AvgIpc) is 2.54. The maximum absolute atomic E-state index is 11.3. The van der Waals surface area contributed by atoms with Crippen molar-refractivity contribution >= 4 is 6.29 Å². The first-order valence-corrected chi connectivity index (χ1v) is 7.03. The molecule has 0 heterocycles. The van der Waals surface area contributed by atoms with Gasteiger partial charge in [-0.3, -0.25) is 4.79 Å². The van der Waals surface area contributed by atoms with Crippen LogP contribution in [0, 0.1) is 6.92 Å². The van der Waals surface area contributed by atoms with Crippen molar-refractivity contribution < 1.29 is 14.3 Å². The molecule has 2 aromatic carbocycles. The van der Waals surface area contributed by atoms with Gasteiger partial charge in [0.05, 0.1) is 7.11 Å². The molecule has 2 rings (SSSR count). The largest absolute Gasteiger partial charge is 0.496 e. The van der Waals surface area contributed by atoms with E-state index < -0.39 is 0 Å². The fourth-order valence-corrected chi connectivity index (χ4v) is 2.41. The molecular formula is C18H20O3. The lowest BCUT2D eigenvalue weighted by Crippen LogP contribution is -2.04. The van der Waals surface area contributed by atoms with Gasteiger partial charge in [0.2, 0.25) is 0 Å². The Morgan fingerprint density at radius 2 is 1.90 bits per heavy atom. The quantitative estimate of drug-likeness (QED) is 0.753. The van der Waals surface area contributed by atoms with Crippen molar-refractivity contribution in [3.63, 3.8) is 0 Å². The number of methoxy groups -OCH3 is 1. The van der Waals surface area contributed by atoms with Gasteiger partial charge in [0.1, 0.15) is 18.1 Å². The van der Waals surface area contributed by atoms with E-state index in [0.717, 1.165) is 35.1 Å². The van der Waals surface area contributed by atoms with Gasteiger partial charge in [0.25, 0.3) is 0 Å². The van der Waals surface area contributed by atoms with Crippen molar-refractivity contribution in [2.75, 3.05) is 7.11 Å². The highest BCUT2D eigenvalue weighted by Crippen LogP contribution is 2.34. The SMILES string of the molecule is CCc1c(C=O)cc(OC)c(C)c1OCc1ccccc1. The lowest BCUT2D eigenvalue weighted by atomic mass is 10.00. The van der Waals surface area contributed by atoms with Gasteiger partial charge in [-0.1, -0.05) is 37.3 Å². The summed E-state index contributed by atoms with van der Waals surface area (Å²) in [5.41, 5.74) is 3.58. The predicted molar refractivity (Wildman–Crippen MR) is 83.3 cm³/mol. The Labute approximate surface area is 125 Å². The minimum Gasteiger partial charge on any atom is -0.496 e. The van der Waals surface area contributed by atoms with Crippen LogP contribution in [0.15, 0.2) is 36.4 Å². The molecule has 2 aromatic rings. The van der Waals surface area contributed by atoms with Gasteiger partial charge in [-0.15, -0.1) is 0 Å². The normalized spacial score (nSPS) is 10.2. The Bertz CT molecular complexity index is 618. The summed E-state index contributed by atoms with van der Waals surface area (Å²) >= 11 is 0. The second kappa shape index (κ2) is 6.93. The zero-order chi connectivity index (χ0) is 15.2. The van der Waals surface area contributed by atoms with Crippen LogP contribution in [0.25, 0.3) is 0 Å². The molecule has 0 atom stereocenters. The zero-order valence-corrected chi connectivity index (χ0v) is 12.7. The van der Waals surface area contributed by atoms with Crippen LogP contribution >= 0.6 is 0 Å². The van der Waals surface area contributed by atoms with E-state index >= 15 is 0 Å². The second-order valence-corrected chi connectivity index (χ2v) is 4.85. The monoisotopic (exact) mass is 284 g/mol. The van der Waals surface area contributed by atoms with E-state index in [1.54, 1.807) is 13.2 Å². The Morgan fingerprint density at radius 3 is 2.48 bits per heavy atom.